The minimum absolute atomic E-state index is 0.0191. The Balaban J connectivity index is 3.08. The Morgan fingerprint density at radius 3 is 2.33 bits per heavy atom. The van der Waals surface area contributed by atoms with Gasteiger partial charge < -0.3 is 4.74 Å². The number of carbonyl (C=O) groups excluding carboxylic acids is 3. The molecule has 0 aromatic rings. The fourth-order valence-electron chi connectivity index (χ4n) is 3.37. The molecule has 0 aliphatic carbocycles. The van der Waals surface area contributed by atoms with Crippen LogP contribution in [0.4, 0.5) is 0 Å². The predicted octanol–water partition coefficient (Wildman–Crippen LogP) is 4.12. The van der Waals surface area contributed by atoms with Crippen LogP contribution in [0, 0.1) is 23.7 Å². The smallest absolute Gasteiger partial charge is 0.316 e. The van der Waals surface area contributed by atoms with Crippen LogP contribution < -0.4 is 0 Å². The Morgan fingerprint density at radius 1 is 1.12 bits per heavy atom. The van der Waals surface area contributed by atoms with Gasteiger partial charge in [-0.3, -0.25) is 14.4 Å². The van der Waals surface area contributed by atoms with Crippen LogP contribution in [-0.2, 0) is 19.1 Å². The van der Waals surface area contributed by atoms with Crippen LogP contribution in [0.25, 0.3) is 0 Å². The lowest BCUT2D eigenvalue weighted by Gasteiger charge is -2.25. The Hall–Kier alpha value is -1.45. The van der Waals surface area contributed by atoms with E-state index in [2.05, 4.69) is 0 Å². The molecule has 0 spiro atoms. The first-order valence-corrected chi connectivity index (χ1v) is 9.13. The highest BCUT2D eigenvalue weighted by Gasteiger charge is 2.29. The second kappa shape index (κ2) is 9.14. The normalized spacial score (nSPS) is 36.5. The molecule has 0 aromatic carbocycles. The van der Waals surface area contributed by atoms with Crippen LogP contribution in [0.1, 0.15) is 67.2 Å². The van der Waals surface area contributed by atoms with Crippen molar-refractivity contribution in [3.05, 3.63) is 11.6 Å². The van der Waals surface area contributed by atoms with Gasteiger partial charge in [0.1, 0.15) is 17.8 Å². The predicted molar refractivity (Wildman–Crippen MR) is 94.4 cm³/mol. The van der Waals surface area contributed by atoms with Crippen LogP contribution in [0.2, 0.25) is 0 Å². The molecule has 1 aliphatic heterocycles. The molecular formula is C20H32O4. The Morgan fingerprint density at radius 2 is 1.75 bits per heavy atom. The number of cyclic esters (lactones) is 1. The maximum absolute atomic E-state index is 12.5. The highest BCUT2D eigenvalue weighted by molar-refractivity contribution is 6.07. The first-order valence-electron chi connectivity index (χ1n) is 9.13. The zero-order chi connectivity index (χ0) is 18.4. The fourth-order valence-corrected chi connectivity index (χ4v) is 3.37. The van der Waals surface area contributed by atoms with Crippen molar-refractivity contribution in [2.45, 2.75) is 73.3 Å². The first kappa shape index (κ1) is 20.6. The number of ketones is 2. The fraction of sp³-hybridized carbons (Fsp3) is 0.750. The second-order valence-corrected chi connectivity index (χ2v) is 7.42. The standard InChI is InChI=1S/C20H32O4/c1-7-18-13(3)8-9-17(21)14(4)10-12(2)11-15(5)19(22)16(6)20(23)24-18/h11-14,16,18H,7-10H2,1-6H3/b15-11-/t12-,13+,14+,16+,18+/m0/s1. The molecule has 5 atom stereocenters. The number of Topliss-reactive ketones (excluding diaryl/α,β-unsaturated/α-hetero) is 2. The van der Waals surface area contributed by atoms with Gasteiger partial charge in [-0.15, -0.1) is 0 Å². The highest BCUT2D eigenvalue weighted by atomic mass is 16.5. The van der Waals surface area contributed by atoms with Crippen LogP contribution in [0.3, 0.4) is 0 Å². The molecule has 0 unspecified atom stereocenters. The SMILES string of the molecule is CC[C@H]1OC(=O)[C@H](C)C(=O)/C(C)=C\[C@@H](C)C[C@@H](C)C(=O)CC[C@H]1C. The summed E-state index contributed by atoms with van der Waals surface area (Å²) in [6.45, 7) is 11.3. The van der Waals surface area contributed by atoms with Crippen molar-refractivity contribution in [2.75, 3.05) is 0 Å². The van der Waals surface area contributed by atoms with Crippen molar-refractivity contribution in [3.63, 3.8) is 0 Å². The molecule has 4 nitrogen and oxygen atoms in total. The molecule has 1 heterocycles. The largest absolute Gasteiger partial charge is 0.462 e. The van der Waals surface area contributed by atoms with E-state index in [0.717, 1.165) is 6.42 Å². The zero-order valence-electron chi connectivity index (χ0n) is 15.9. The average molecular weight is 336 g/mol. The summed E-state index contributed by atoms with van der Waals surface area (Å²) in [6.07, 6.45) is 4.27. The molecule has 0 saturated carbocycles. The lowest BCUT2D eigenvalue weighted by Crippen LogP contribution is -2.32. The Kier molecular flexibility index (Phi) is 7.85. The van der Waals surface area contributed by atoms with Crippen molar-refractivity contribution >= 4 is 17.5 Å². The van der Waals surface area contributed by atoms with Gasteiger partial charge in [0, 0.05) is 12.3 Å². The van der Waals surface area contributed by atoms with Gasteiger partial charge in [0.05, 0.1) is 0 Å². The third-order valence-electron chi connectivity index (χ3n) is 5.10. The van der Waals surface area contributed by atoms with E-state index in [1.54, 1.807) is 13.8 Å². The molecule has 1 rings (SSSR count). The van der Waals surface area contributed by atoms with E-state index in [9.17, 15) is 14.4 Å². The van der Waals surface area contributed by atoms with Gasteiger partial charge in [-0.2, -0.15) is 0 Å². The van der Waals surface area contributed by atoms with Crippen LogP contribution in [0.5, 0.6) is 0 Å². The summed E-state index contributed by atoms with van der Waals surface area (Å²) in [5.74, 6) is -0.973. The van der Waals surface area contributed by atoms with Crippen LogP contribution in [-0.4, -0.2) is 23.6 Å². The first-order chi connectivity index (χ1) is 11.2. The molecule has 24 heavy (non-hydrogen) atoms. The summed E-state index contributed by atoms with van der Waals surface area (Å²) in [4.78, 5) is 37.1. The van der Waals surface area contributed by atoms with Crippen LogP contribution in [0.15, 0.2) is 11.6 Å². The monoisotopic (exact) mass is 336 g/mol. The second-order valence-electron chi connectivity index (χ2n) is 7.42. The van der Waals surface area contributed by atoms with Crippen LogP contribution >= 0.6 is 0 Å². The van der Waals surface area contributed by atoms with E-state index >= 15 is 0 Å². The van der Waals surface area contributed by atoms with Gasteiger partial charge in [-0.25, -0.2) is 0 Å². The van der Waals surface area contributed by atoms with E-state index in [4.69, 9.17) is 4.74 Å². The summed E-state index contributed by atoms with van der Waals surface area (Å²) >= 11 is 0. The number of carbonyl (C=O) groups is 3. The average Bonchev–Trinajstić information content (AvgIpc) is 2.54. The van der Waals surface area contributed by atoms with E-state index in [1.165, 1.54) is 0 Å². The van der Waals surface area contributed by atoms with Gasteiger partial charge in [-0.05, 0) is 50.5 Å². The number of allylic oxidation sites excluding steroid dienone is 2. The van der Waals surface area contributed by atoms with E-state index in [0.29, 0.717) is 24.8 Å². The third kappa shape index (κ3) is 5.57. The summed E-state index contributed by atoms with van der Waals surface area (Å²) in [5.41, 5.74) is 0.574. The lowest BCUT2D eigenvalue weighted by atomic mass is 9.87. The van der Waals surface area contributed by atoms with Crippen molar-refractivity contribution in [3.8, 4) is 0 Å². The number of hydrogen-bond acceptors (Lipinski definition) is 4. The number of esters is 1. The minimum atomic E-state index is -0.781. The summed E-state index contributed by atoms with van der Waals surface area (Å²) in [5, 5.41) is 0. The third-order valence-corrected chi connectivity index (χ3v) is 5.10. The zero-order valence-corrected chi connectivity index (χ0v) is 15.9. The Labute approximate surface area is 146 Å². The van der Waals surface area contributed by atoms with Crippen molar-refractivity contribution < 1.29 is 19.1 Å². The molecule has 0 saturated heterocycles. The van der Waals surface area contributed by atoms with Gasteiger partial charge >= 0.3 is 5.97 Å². The van der Waals surface area contributed by atoms with Gasteiger partial charge in [0.15, 0.2) is 5.78 Å². The summed E-state index contributed by atoms with van der Waals surface area (Å²) < 4.78 is 5.58. The number of hydrogen-bond donors (Lipinski definition) is 0. The van der Waals surface area contributed by atoms with Gasteiger partial charge in [0.25, 0.3) is 0 Å². The molecule has 1 aliphatic rings. The highest BCUT2D eigenvalue weighted by Crippen LogP contribution is 2.24. The number of rotatable bonds is 1. The molecule has 0 fully saturated rings. The van der Waals surface area contributed by atoms with E-state index in [1.807, 2.05) is 33.8 Å². The van der Waals surface area contributed by atoms with E-state index in [-0.39, 0.29) is 35.4 Å². The molecular weight excluding hydrogens is 304 g/mol. The molecule has 0 aromatic heterocycles. The maximum Gasteiger partial charge on any atom is 0.316 e. The molecule has 4 heteroatoms. The van der Waals surface area contributed by atoms with Gasteiger partial charge in [-0.1, -0.05) is 33.8 Å². The maximum atomic E-state index is 12.5. The molecule has 0 amide bonds. The van der Waals surface area contributed by atoms with Crippen molar-refractivity contribution in [1.82, 2.24) is 0 Å². The Bertz CT molecular complexity index is 506. The van der Waals surface area contributed by atoms with Gasteiger partial charge in [0.2, 0.25) is 0 Å². The number of ether oxygens (including phenoxy) is 1. The molecule has 0 N–H and O–H groups in total. The topological polar surface area (TPSA) is 60.4 Å². The lowest BCUT2D eigenvalue weighted by molar-refractivity contribution is -0.158. The minimum Gasteiger partial charge on any atom is -0.462 e. The summed E-state index contributed by atoms with van der Waals surface area (Å²) in [6, 6.07) is 0. The molecule has 136 valence electrons. The quantitative estimate of drug-likeness (QED) is 0.534. The summed E-state index contributed by atoms with van der Waals surface area (Å²) in [7, 11) is 0. The molecule has 0 radical (unpaired) electrons. The van der Waals surface area contributed by atoms with E-state index < -0.39 is 11.9 Å². The van der Waals surface area contributed by atoms with Crippen molar-refractivity contribution in [2.24, 2.45) is 23.7 Å². The van der Waals surface area contributed by atoms with Crippen molar-refractivity contribution in [1.29, 1.82) is 0 Å². The molecule has 0 bridgehead atoms.